The zero-order valence-electron chi connectivity index (χ0n) is 13.4. The van der Waals surface area contributed by atoms with Crippen molar-refractivity contribution in [1.82, 2.24) is 13.5 Å². The molecule has 0 aromatic heterocycles. The van der Waals surface area contributed by atoms with Crippen LogP contribution < -0.4 is 0 Å². The zero-order valence-corrected chi connectivity index (χ0v) is 14.3. The van der Waals surface area contributed by atoms with Crippen molar-refractivity contribution in [3.63, 3.8) is 0 Å². The fraction of sp³-hybridized carbons (Fsp3) is 0.929. The molecular formula is C14H27N3O4S. The molecule has 0 bridgehead atoms. The number of carbonyl (C=O) groups excluding carboxylic acids is 1. The fourth-order valence-corrected chi connectivity index (χ4v) is 4.62. The summed E-state index contributed by atoms with van der Waals surface area (Å²) in [6, 6.07) is 0.147. The van der Waals surface area contributed by atoms with Crippen molar-refractivity contribution in [2.75, 3.05) is 40.3 Å². The number of nitrogens with zero attached hydrogens (tertiary/aromatic N) is 3. The minimum Gasteiger partial charge on any atom is -0.396 e. The molecule has 0 spiro atoms. The quantitative estimate of drug-likeness (QED) is 0.687. The highest BCUT2D eigenvalue weighted by Crippen LogP contribution is 2.32. The number of aliphatic hydroxyl groups excluding tert-OH is 1. The monoisotopic (exact) mass is 333 g/mol. The van der Waals surface area contributed by atoms with E-state index in [2.05, 4.69) is 0 Å². The van der Waals surface area contributed by atoms with Crippen LogP contribution in [0.1, 0.15) is 32.1 Å². The summed E-state index contributed by atoms with van der Waals surface area (Å²) in [7, 11) is -0.275. The van der Waals surface area contributed by atoms with E-state index in [0.29, 0.717) is 38.9 Å². The maximum Gasteiger partial charge on any atom is 0.281 e. The topological polar surface area (TPSA) is 81.2 Å². The molecule has 2 heterocycles. The lowest BCUT2D eigenvalue weighted by Crippen LogP contribution is -2.58. The normalized spacial score (nSPS) is 27.3. The number of aliphatic hydroxyl groups is 1. The molecule has 8 heteroatoms. The average Bonchev–Trinajstić information content (AvgIpc) is 2.49. The molecule has 1 N–H and O–H groups in total. The van der Waals surface area contributed by atoms with Crippen LogP contribution in [0.5, 0.6) is 0 Å². The molecule has 0 radical (unpaired) electrons. The minimum atomic E-state index is -3.37. The van der Waals surface area contributed by atoms with E-state index >= 15 is 0 Å². The second kappa shape index (κ2) is 7.25. The lowest BCUT2D eigenvalue weighted by Gasteiger charge is -2.47. The largest absolute Gasteiger partial charge is 0.396 e. The molecule has 22 heavy (non-hydrogen) atoms. The van der Waals surface area contributed by atoms with Crippen molar-refractivity contribution < 1.29 is 18.3 Å². The van der Waals surface area contributed by atoms with Crippen LogP contribution in [0.3, 0.4) is 0 Å². The van der Waals surface area contributed by atoms with Crippen LogP contribution in [0.2, 0.25) is 0 Å². The van der Waals surface area contributed by atoms with Crippen LogP contribution in [-0.2, 0) is 15.0 Å². The first-order chi connectivity index (χ1) is 10.4. The summed E-state index contributed by atoms with van der Waals surface area (Å²) in [5.41, 5.74) is 0. The van der Waals surface area contributed by atoms with Gasteiger partial charge in [0.25, 0.3) is 10.2 Å². The van der Waals surface area contributed by atoms with Gasteiger partial charge in [-0.2, -0.15) is 17.0 Å². The number of likely N-dealkylation sites (tertiary alicyclic amines) is 1. The number of unbranched alkanes of at least 4 members (excludes halogenated alkanes) is 1. The van der Waals surface area contributed by atoms with Gasteiger partial charge in [0, 0.05) is 52.8 Å². The SMILES string of the molecule is CN(C)S(=O)(=O)N1CC[C@@H]2[C@@H](CCC(=O)N2CCCCO)C1. The smallest absolute Gasteiger partial charge is 0.281 e. The van der Waals surface area contributed by atoms with Gasteiger partial charge in [-0.25, -0.2) is 0 Å². The predicted octanol–water partition coefficient (Wildman–Crippen LogP) is -0.122. The van der Waals surface area contributed by atoms with E-state index < -0.39 is 10.2 Å². The van der Waals surface area contributed by atoms with E-state index in [0.717, 1.165) is 12.8 Å². The molecular weight excluding hydrogens is 306 g/mol. The number of piperidine rings is 2. The first kappa shape index (κ1) is 17.7. The van der Waals surface area contributed by atoms with Gasteiger partial charge < -0.3 is 10.0 Å². The number of amides is 1. The molecule has 0 saturated carbocycles. The first-order valence-corrected chi connectivity index (χ1v) is 9.35. The van der Waals surface area contributed by atoms with Gasteiger partial charge in [-0.05, 0) is 31.6 Å². The van der Waals surface area contributed by atoms with Crippen molar-refractivity contribution in [2.45, 2.75) is 38.1 Å². The highest BCUT2D eigenvalue weighted by molar-refractivity contribution is 7.86. The summed E-state index contributed by atoms with van der Waals surface area (Å²) in [6.45, 7) is 1.77. The van der Waals surface area contributed by atoms with Gasteiger partial charge in [-0.3, -0.25) is 4.79 Å². The Balaban J connectivity index is 2.03. The van der Waals surface area contributed by atoms with Gasteiger partial charge in [-0.1, -0.05) is 0 Å². The van der Waals surface area contributed by atoms with Crippen molar-refractivity contribution in [3.05, 3.63) is 0 Å². The van der Waals surface area contributed by atoms with Gasteiger partial charge >= 0.3 is 0 Å². The van der Waals surface area contributed by atoms with Crippen LogP contribution >= 0.6 is 0 Å². The second-order valence-electron chi connectivity index (χ2n) is 6.32. The molecule has 128 valence electrons. The van der Waals surface area contributed by atoms with Gasteiger partial charge in [0.2, 0.25) is 5.91 Å². The summed E-state index contributed by atoms with van der Waals surface area (Å²) in [4.78, 5) is 14.1. The van der Waals surface area contributed by atoms with E-state index in [-0.39, 0.29) is 24.5 Å². The third-order valence-corrected chi connectivity index (χ3v) is 6.61. The maximum atomic E-state index is 12.3. The predicted molar refractivity (Wildman–Crippen MR) is 83.3 cm³/mol. The standard InChI is InChI=1S/C14H27N3O4S/c1-15(2)22(20,21)16-9-7-13-12(11-16)5-6-14(19)17(13)8-3-4-10-18/h12-13,18H,3-11H2,1-2H3/t12-,13+/m0/s1. The molecule has 0 aromatic rings. The summed E-state index contributed by atoms with van der Waals surface area (Å²) in [5.74, 6) is 0.387. The number of hydrogen-bond acceptors (Lipinski definition) is 4. The lowest BCUT2D eigenvalue weighted by molar-refractivity contribution is -0.140. The van der Waals surface area contributed by atoms with E-state index in [1.165, 1.54) is 8.61 Å². The number of hydrogen-bond donors (Lipinski definition) is 1. The Morgan fingerprint density at radius 2 is 2.00 bits per heavy atom. The van der Waals surface area contributed by atoms with E-state index in [1.54, 1.807) is 14.1 Å². The van der Waals surface area contributed by atoms with E-state index in [9.17, 15) is 13.2 Å². The Morgan fingerprint density at radius 3 is 2.64 bits per heavy atom. The van der Waals surface area contributed by atoms with Crippen LogP contribution in [0, 0.1) is 5.92 Å². The van der Waals surface area contributed by atoms with Crippen molar-refractivity contribution in [2.24, 2.45) is 5.92 Å². The molecule has 2 aliphatic rings. The molecule has 1 amide bonds. The molecule has 0 aliphatic carbocycles. The minimum absolute atomic E-state index is 0.144. The van der Waals surface area contributed by atoms with E-state index in [4.69, 9.17) is 5.11 Å². The van der Waals surface area contributed by atoms with Crippen molar-refractivity contribution in [3.8, 4) is 0 Å². The highest BCUT2D eigenvalue weighted by Gasteiger charge is 2.42. The molecule has 0 aromatic carbocycles. The van der Waals surface area contributed by atoms with Gasteiger partial charge in [0.1, 0.15) is 0 Å². The Kier molecular flexibility index (Phi) is 5.81. The van der Waals surface area contributed by atoms with Crippen molar-refractivity contribution in [1.29, 1.82) is 0 Å². The fourth-order valence-electron chi connectivity index (χ4n) is 3.44. The third-order valence-electron chi connectivity index (χ3n) is 4.70. The summed E-state index contributed by atoms with van der Waals surface area (Å²) in [5, 5.41) is 8.89. The number of carbonyl (C=O) groups is 1. The molecule has 2 atom stereocenters. The second-order valence-corrected chi connectivity index (χ2v) is 8.46. The lowest BCUT2D eigenvalue weighted by atomic mass is 9.84. The van der Waals surface area contributed by atoms with Gasteiger partial charge in [-0.15, -0.1) is 0 Å². The van der Waals surface area contributed by atoms with E-state index in [1.807, 2.05) is 4.90 Å². The molecule has 7 nitrogen and oxygen atoms in total. The van der Waals surface area contributed by atoms with Crippen LogP contribution in [0.4, 0.5) is 0 Å². The number of rotatable bonds is 6. The number of fused-ring (bicyclic) bond motifs is 1. The molecule has 2 saturated heterocycles. The average molecular weight is 333 g/mol. The molecule has 2 aliphatic heterocycles. The van der Waals surface area contributed by atoms with Gasteiger partial charge in [0.05, 0.1) is 0 Å². The van der Waals surface area contributed by atoms with Crippen LogP contribution in [0.15, 0.2) is 0 Å². The van der Waals surface area contributed by atoms with Crippen molar-refractivity contribution >= 4 is 16.1 Å². The summed E-state index contributed by atoms with van der Waals surface area (Å²) >= 11 is 0. The van der Waals surface area contributed by atoms with Crippen LogP contribution in [-0.4, -0.2) is 79.3 Å². The molecule has 2 fully saturated rings. The Bertz CT molecular complexity index is 494. The summed E-state index contributed by atoms with van der Waals surface area (Å²) < 4.78 is 27.3. The molecule has 2 rings (SSSR count). The maximum absolute atomic E-state index is 12.3. The van der Waals surface area contributed by atoms with Gasteiger partial charge in [0.15, 0.2) is 0 Å². The molecule has 0 unspecified atom stereocenters. The first-order valence-electron chi connectivity index (χ1n) is 7.96. The Hall–Kier alpha value is -0.700. The summed E-state index contributed by atoms with van der Waals surface area (Å²) in [6.07, 6.45) is 3.45. The zero-order chi connectivity index (χ0) is 16.3. The highest BCUT2D eigenvalue weighted by atomic mass is 32.2. The Morgan fingerprint density at radius 1 is 1.27 bits per heavy atom. The van der Waals surface area contributed by atoms with Crippen LogP contribution in [0.25, 0.3) is 0 Å². The third kappa shape index (κ3) is 3.61. The Labute approximate surface area is 133 Å².